The fourth-order valence-corrected chi connectivity index (χ4v) is 4.96. The van der Waals surface area contributed by atoms with Crippen molar-refractivity contribution in [2.45, 2.75) is 26.8 Å². The van der Waals surface area contributed by atoms with E-state index in [0.29, 0.717) is 32.1 Å². The van der Waals surface area contributed by atoms with Crippen LogP contribution in [0.3, 0.4) is 0 Å². The Morgan fingerprint density at radius 2 is 1.86 bits per heavy atom. The van der Waals surface area contributed by atoms with Crippen LogP contribution < -0.4 is 24.4 Å². The third kappa shape index (κ3) is 4.81. The van der Waals surface area contributed by atoms with E-state index < -0.39 is 18.0 Å². The Morgan fingerprint density at radius 1 is 1.14 bits per heavy atom. The highest BCUT2D eigenvalue weighted by atomic mass is 32.1. The molecule has 0 N–H and O–H groups in total. The van der Waals surface area contributed by atoms with Crippen LogP contribution in [0.1, 0.15) is 37.9 Å². The number of hydrogen-bond acceptors (Lipinski definition) is 8. The van der Waals surface area contributed by atoms with Crippen molar-refractivity contribution in [1.82, 2.24) is 4.57 Å². The maximum atomic E-state index is 13.6. The van der Waals surface area contributed by atoms with Gasteiger partial charge >= 0.3 is 11.9 Å². The summed E-state index contributed by atoms with van der Waals surface area (Å²) in [4.78, 5) is 42.9. The maximum absolute atomic E-state index is 13.6. The summed E-state index contributed by atoms with van der Waals surface area (Å²) in [6.45, 7) is 4.95. The molecule has 8 nitrogen and oxygen atoms in total. The van der Waals surface area contributed by atoms with Crippen LogP contribution >= 0.6 is 11.3 Å². The molecule has 0 amide bonds. The van der Waals surface area contributed by atoms with E-state index in [2.05, 4.69) is 4.99 Å². The number of aromatic nitrogens is 1. The van der Waals surface area contributed by atoms with Crippen LogP contribution in [-0.4, -0.2) is 30.2 Å². The van der Waals surface area contributed by atoms with E-state index in [4.69, 9.17) is 14.2 Å². The molecule has 1 aliphatic rings. The van der Waals surface area contributed by atoms with E-state index in [0.717, 1.165) is 5.56 Å². The van der Waals surface area contributed by atoms with Crippen molar-refractivity contribution in [3.8, 4) is 11.5 Å². The summed E-state index contributed by atoms with van der Waals surface area (Å²) in [5.41, 5.74) is 1.88. The molecular weight excluding hydrogens is 468 g/mol. The van der Waals surface area contributed by atoms with Gasteiger partial charge in [-0.2, -0.15) is 0 Å². The minimum atomic E-state index is -0.753. The van der Waals surface area contributed by atoms with Gasteiger partial charge in [0.05, 0.1) is 35.6 Å². The van der Waals surface area contributed by atoms with Crippen molar-refractivity contribution < 1.29 is 23.8 Å². The molecule has 180 valence electrons. The van der Waals surface area contributed by atoms with Crippen LogP contribution in [0.15, 0.2) is 69.6 Å². The van der Waals surface area contributed by atoms with Crippen molar-refractivity contribution in [3.05, 3.63) is 90.6 Å². The summed E-state index contributed by atoms with van der Waals surface area (Å²) in [7, 11) is 1.57. The normalized spacial score (nSPS) is 15.3. The molecule has 1 aliphatic heterocycles. The van der Waals surface area contributed by atoms with E-state index in [1.54, 1.807) is 51.3 Å². The molecule has 0 unspecified atom stereocenters. The number of benzene rings is 2. The number of methoxy groups -OCH3 is 1. The summed E-state index contributed by atoms with van der Waals surface area (Å²) in [6.07, 6.45) is 1.76. The molecule has 2 heterocycles. The van der Waals surface area contributed by atoms with Gasteiger partial charge < -0.3 is 14.2 Å². The molecule has 1 aromatic heterocycles. The topological polar surface area (TPSA) is 96.2 Å². The number of allylic oxidation sites excluding steroid dienone is 1. The minimum Gasteiger partial charge on any atom is -0.496 e. The third-order valence-corrected chi connectivity index (χ3v) is 6.38. The zero-order chi connectivity index (χ0) is 25.1. The second-order valence-corrected chi connectivity index (χ2v) is 8.72. The van der Waals surface area contributed by atoms with E-state index in [1.807, 2.05) is 24.3 Å². The first-order chi connectivity index (χ1) is 16.8. The van der Waals surface area contributed by atoms with Crippen LogP contribution in [-0.2, 0) is 14.3 Å². The minimum absolute atomic E-state index is 0.186. The second-order valence-electron chi connectivity index (χ2n) is 7.71. The number of hydrogen-bond donors (Lipinski definition) is 0. The average molecular weight is 493 g/mol. The maximum Gasteiger partial charge on any atom is 0.338 e. The van der Waals surface area contributed by atoms with Gasteiger partial charge in [0.2, 0.25) is 0 Å². The summed E-state index contributed by atoms with van der Waals surface area (Å²) in [6, 6.07) is 13.3. The third-order valence-electron chi connectivity index (χ3n) is 5.40. The molecule has 1 atom stereocenters. The first-order valence-electron chi connectivity index (χ1n) is 10.9. The number of carbonyl (C=O) groups excluding carboxylic acids is 2. The summed E-state index contributed by atoms with van der Waals surface area (Å²) >= 11 is 1.23. The van der Waals surface area contributed by atoms with Gasteiger partial charge in [-0.1, -0.05) is 41.7 Å². The number of rotatable bonds is 6. The number of esters is 2. The number of para-hydroxylation sites is 1. The average Bonchev–Trinajstić information content (AvgIpc) is 3.13. The van der Waals surface area contributed by atoms with E-state index in [-0.39, 0.29) is 17.7 Å². The fourth-order valence-electron chi connectivity index (χ4n) is 3.92. The Hall–Kier alpha value is -3.98. The molecule has 9 heteroatoms. The SMILES string of the molecule is CCOC(=O)C1=C(C)N=c2s/c(=C\c3ccccc3OC)c(=O)n2[C@H]1c1ccc(OC(C)=O)cc1. The van der Waals surface area contributed by atoms with Crippen molar-refractivity contribution in [2.24, 2.45) is 4.99 Å². The van der Waals surface area contributed by atoms with Gasteiger partial charge in [-0.15, -0.1) is 0 Å². The predicted molar refractivity (Wildman–Crippen MR) is 131 cm³/mol. The van der Waals surface area contributed by atoms with Crippen LogP contribution in [0.2, 0.25) is 0 Å². The van der Waals surface area contributed by atoms with Crippen LogP contribution in [0, 0.1) is 0 Å². The molecule has 2 aromatic carbocycles. The Balaban J connectivity index is 1.92. The fraction of sp³-hybridized carbons (Fsp3) is 0.231. The molecule has 0 bridgehead atoms. The van der Waals surface area contributed by atoms with Gasteiger partial charge in [-0.3, -0.25) is 14.2 Å². The standard InChI is InChI=1S/C26H24N2O6S/c1-5-33-25(31)22-15(2)27-26-28(23(22)17-10-12-19(13-11-17)34-16(3)29)24(30)21(35-26)14-18-8-6-7-9-20(18)32-4/h6-14,23H,5H2,1-4H3/b21-14-/t23-/m0/s1. The second kappa shape index (κ2) is 10.1. The Labute approximate surface area is 205 Å². The quantitative estimate of drug-likeness (QED) is 0.388. The molecule has 0 saturated carbocycles. The van der Waals surface area contributed by atoms with Crippen molar-refractivity contribution in [3.63, 3.8) is 0 Å². The van der Waals surface area contributed by atoms with Crippen molar-refractivity contribution in [2.75, 3.05) is 13.7 Å². The number of nitrogens with zero attached hydrogens (tertiary/aromatic N) is 2. The van der Waals surface area contributed by atoms with Crippen molar-refractivity contribution in [1.29, 1.82) is 0 Å². The van der Waals surface area contributed by atoms with E-state index in [1.165, 1.54) is 22.8 Å². The monoisotopic (exact) mass is 492 g/mol. The first kappa shape index (κ1) is 24.2. The number of fused-ring (bicyclic) bond motifs is 1. The van der Waals surface area contributed by atoms with Gasteiger partial charge in [-0.05, 0) is 43.7 Å². The Kier molecular flexibility index (Phi) is 6.97. The van der Waals surface area contributed by atoms with E-state index in [9.17, 15) is 14.4 Å². The number of carbonyl (C=O) groups is 2. The van der Waals surface area contributed by atoms with Crippen LogP contribution in [0.5, 0.6) is 11.5 Å². The summed E-state index contributed by atoms with van der Waals surface area (Å²) in [5, 5.41) is 0. The Bertz CT molecular complexity index is 1500. The molecule has 0 radical (unpaired) electrons. The van der Waals surface area contributed by atoms with Gasteiger partial charge in [-0.25, -0.2) is 9.79 Å². The highest BCUT2D eigenvalue weighted by molar-refractivity contribution is 7.07. The smallest absolute Gasteiger partial charge is 0.338 e. The molecule has 3 aromatic rings. The molecular formula is C26H24N2O6S. The highest BCUT2D eigenvalue weighted by Crippen LogP contribution is 2.31. The zero-order valence-corrected chi connectivity index (χ0v) is 20.5. The van der Waals surface area contributed by atoms with Crippen molar-refractivity contribution >= 4 is 29.4 Å². The molecule has 35 heavy (non-hydrogen) atoms. The molecule has 0 spiro atoms. The lowest BCUT2D eigenvalue weighted by Gasteiger charge is -2.24. The first-order valence-corrected chi connectivity index (χ1v) is 11.8. The molecule has 0 saturated heterocycles. The molecule has 0 aliphatic carbocycles. The van der Waals surface area contributed by atoms with Gasteiger partial charge in [0, 0.05) is 12.5 Å². The zero-order valence-electron chi connectivity index (χ0n) is 19.7. The number of ether oxygens (including phenoxy) is 3. The summed E-state index contributed by atoms with van der Waals surface area (Å²) in [5.74, 6) is 0.0226. The van der Waals surface area contributed by atoms with Gasteiger partial charge in [0.1, 0.15) is 11.5 Å². The highest BCUT2D eigenvalue weighted by Gasteiger charge is 2.33. The van der Waals surface area contributed by atoms with Crippen LogP contribution in [0.4, 0.5) is 0 Å². The lowest BCUT2D eigenvalue weighted by molar-refractivity contribution is -0.139. The predicted octanol–water partition coefficient (Wildman–Crippen LogP) is 2.73. The van der Waals surface area contributed by atoms with Gasteiger partial charge in [0.25, 0.3) is 5.56 Å². The lowest BCUT2D eigenvalue weighted by Crippen LogP contribution is -2.39. The number of thiazole rings is 1. The van der Waals surface area contributed by atoms with E-state index >= 15 is 0 Å². The molecule has 0 fully saturated rings. The largest absolute Gasteiger partial charge is 0.496 e. The van der Waals surface area contributed by atoms with Crippen LogP contribution in [0.25, 0.3) is 6.08 Å². The summed E-state index contributed by atoms with van der Waals surface area (Å²) < 4.78 is 17.8. The van der Waals surface area contributed by atoms with Gasteiger partial charge in [0.15, 0.2) is 4.80 Å². The Morgan fingerprint density at radius 3 is 2.51 bits per heavy atom. The molecule has 4 rings (SSSR count). The lowest BCUT2D eigenvalue weighted by atomic mass is 9.96.